The van der Waals surface area contributed by atoms with Crippen LogP contribution >= 0.6 is 23.1 Å². The van der Waals surface area contributed by atoms with E-state index in [1.807, 2.05) is 60.9 Å². The van der Waals surface area contributed by atoms with Crippen LogP contribution in [0.1, 0.15) is 28.5 Å². The molecule has 0 fully saturated rings. The molecule has 3 heterocycles. The van der Waals surface area contributed by atoms with E-state index in [1.54, 1.807) is 11.3 Å². The third-order valence-electron chi connectivity index (χ3n) is 5.46. The maximum absolute atomic E-state index is 12.3. The number of rotatable bonds is 4. The SMILES string of the molecule is CN(C)c1ccc(C2CC(c3ccccc3)=NN2C2=NC(=O)S/C2=C\c2cccs2)cc1. The van der Waals surface area contributed by atoms with E-state index in [9.17, 15) is 4.79 Å². The summed E-state index contributed by atoms with van der Waals surface area (Å²) in [6, 6.07) is 22.7. The standard InChI is InChI=1S/C25H22N4OS2/c1-28(2)19-12-10-18(11-13-19)22-16-21(17-7-4-3-5-8-17)27-29(22)24-23(32-25(30)26-24)15-20-9-6-14-31-20/h3-15,22H,16H2,1-2H3/b23-15-. The molecule has 1 aromatic heterocycles. The Bertz CT molecular complexity index is 1210. The van der Waals surface area contributed by atoms with Crippen molar-refractivity contribution in [1.29, 1.82) is 0 Å². The van der Waals surface area contributed by atoms with Crippen molar-refractivity contribution in [2.24, 2.45) is 10.1 Å². The smallest absolute Gasteiger partial charge is 0.311 e. The molecular weight excluding hydrogens is 436 g/mol. The number of carbonyl (C=O) groups is 1. The molecule has 0 bridgehead atoms. The van der Waals surface area contributed by atoms with Crippen LogP contribution in [0.4, 0.5) is 10.5 Å². The lowest BCUT2D eigenvalue weighted by Gasteiger charge is -2.24. The Kier molecular flexibility index (Phi) is 5.68. The van der Waals surface area contributed by atoms with E-state index in [2.05, 4.69) is 46.3 Å². The second-order valence-electron chi connectivity index (χ2n) is 7.79. The number of nitrogens with zero attached hydrogens (tertiary/aromatic N) is 4. The zero-order chi connectivity index (χ0) is 22.1. The summed E-state index contributed by atoms with van der Waals surface area (Å²) in [6.07, 6.45) is 2.77. The molecule has 2 aliphatic rings. The number of anilines is 1. The molecule has 7 heteroatoms. The maximum Gasteiger partial charge on any atom is 0.311 e. The molecular formula is C25H22N4OS2. The van der Waals surface area contributed by atoms with Crippen LogP contribution in [0.15, 0.2) is 87.1 Å². The lowest BCUT2D eigenvalue weighted by Crippen LogP contribution is -2.26. The number of hydrogen-bond donors (Lipinski definition) is 0. The van der Waals surface area contributed by atoms with Gasteiger partial charge in [0.1, 0.15) is 0 Å². The summed E-state index contributed by atoms with van der Waals surface area (Å²) >= 11 is 2.81. The van der Waals surface area contributed by atoms with Gasteiger partial charge in [-0.05, 0) is 52.5 Å². The van der Waals surface area contributed by atoms with Gasteiger partial charge in [-0.1, -0.05) is 48.5 Å². The van der Waals surface area contributed by atoms with Gasteiger partial charge in [0.05, 0.1) is 16.7 Å². The Balaban J connectivity index is 1.55. The number of benzene rings is 2. The summed E-state index contributed by atoms with van der Waals surface area (Å²) in [6.45, 7) is 0. The van der Waals surface area contributed by atoms with E-state index in [1.165, 1.54) is 11.8 Å². The fourth-order valence-corrected chi connectivity index (χ4v) is 5.30. The molecule has 3 aromatic rings. The van der Waals surface area contributed by atoms with Crippen LogP contribution in [0.3, 0.4) is 0 Å². The van der Waals surface area contributed by atoms with Crippen molar-refractivity contribution in [3.63, 3.8) is 0 Å². The molecule has 0 aliphatic carbocycles. The molecule has 0 N–H and O–H groups in total. The summed E-state index contributed by atoms with van der Waals surface area (Å²) in [5, 5.41) is 8.74. The molecule has 32 heavy (non-hydrogen) atoms. The number of hydrogen-bond acceptors (Lipinski definition) is 6. The second kappa shape index (κ2) is 8.76. The normalized spacial score (nSPS) is 19.4. The summed E-state index contributed by atoms with van der Waals surface area (Å²) in [5.74, 6) is 0.626. The van der Waals surface area contributed by atoms with Gasteiger partial charge in [0.25, 0.3) is 0 Å². The summed E-state index contributed by atoms with van der Waals surface area (Å²) in [4.78, 5) is 20.7. The fourth-order valence-electron chi connectivity index (χ4n) is 3.83. The Labute approximate surface area is 195 Å². The van der Waals surface area contributed by atoms with Crippen molar-refractivity contribution in [2.75, 3.05) is 19.0 Å². The van der Waals surface area contributed by atoms with Crippen molar-refractivity contribution in [3.05, 3.63) is 93.0 Å². The molecule has 1 atom stereocenters. The number of thioether (sulfide) groups is 1. The highest BCUT2D eigenvalue weighted by atomic mass is 32.2. The minimum absolute atomic E-state index is 0.0293. The fraction of sp³-hybridized carbons (Fsp3) is 0.160. The topological polar surface area (TPSA) is 48.3 Å². The molecule has 160 valence electrons. The molecule has 1 amide bonds. The predicted octanol–water partition coefficient (Wildman–Crippen LogP) is 6.27. The first-order chi connectivity index (χ1) is 15.6. The Morgan fingerprint density at radius 2 is 1.81 bits per heavy atom. The number of thiophene rings is 1. The van der Waals surface area contributed by atoms with Gasteiger partial charge in [0, 0.05) is 31.1 Å². The van der Waals surface area contributed by atoms with Gasteiger partial charge >= 0.3 is 5.24 Å². The summed E-state index contributed by atoms with van der Waals surface area (Å²) in [7, 11) is 4.07. The minimum Gasteiger partial charge on any atom is -0.378 e. The third-order valence-corrected chi connectivity index (χ3v) is 7.07. The molecule has 2 aliphatic heterocycles. The second-order valence-corrected chi connectivity index (χ2v) is 9.76. The average molecular weight is 459 g/mol. The van der Waals surface area contributed by atoms with Crippen LogP contribution in [0.25, 0.3) is 6.08 Å². The summed E-state index contributed by atoms with van der Waals surface area (Å²) < 4.78 is 0. The van der Waals surface area contributed by atoms with Crippen LogP contribution in [-0.2, 0) is 0 Å². The number of aliphatic imine (C=N–C) groups is 1. The van der Waals surface area contributed by atoms with E-state index >= 15 is 0 Å². The van der Waals surface area contributed by atoms with E-state index < -0.39 is 0 Å². The first-order valence-electron chi connectivity index (χ1n) is 10.3. The maximum atomic E-state index is 12.3. The van der Waals surface area contributed by atoms with E-state index in [4.69, 9.17) is 5.10 Å². The van der Waals surface area contributed by atoms with Crippen molar-refractivity contribution in [2.45, 2.75) is 12.5 Å². The first-order valence-corrected chi connectivity index (χ1v) is 12.0. The molecule has 0 spiro atoms. The van der Waals surface area contributed by atoms with Crippen LogP contribution in [0.2, 0.25) is 0 Å². The van der Waals surface area contributed by atoms with Crippen molar-refractivity contribution in [1.82, 2.24) is 5.01 Å². The van der Waals surface area contributed by atoms with Crippen LogP contribution in [-0.4, -0.2) is 35.9 Å². The molecule has 0 radical (unpaired) electrons. The molecule has 5 nitrogen and oxygen atoms in total. The predicted molar refractivity (Wildman–Crippen MR) is 136 cm³/mol. The molecule has 1 unspecified atom stereocenters. The van der Waals surface area contributed by atoms with Crippen molar-refractivity contribution < 1.29 is 4.79 Å². The quantitative estimate of drug-likeness (QED) is 0.462. The Morgan fingerprint density at radius 3 is 2.50 bits per heavy atom. The highest BCUT2D eigenvalue weighted by Gasteiger charge is 2.36. The molecule has 2 aromatic carbocycles. The average Bonchev–Trinajstić information content (AvgIpc) is 3.55. The largest absolute Gasteiger partial charge is 0.378 e. The van der Waals surface area contributed by atoms with Gasteiger partial charge < -0.3 is 4.90 Å². The zero-order valence-corrected chi connectivity index (χ0v) is 19.4. The number of amides is 1. The lowest BCUT2D eigenvalue weighted by molar-refractivity contribution is 0.267. The highest BCUT2D eigenvalue weighted by Crippen LogP contribution is 2.40. The van der Waals surface area contributed by atoms with Gasteiger partial charge in [-0.3, -0.25) is 4.79 Å². The first kappa shape index (κ1) is 20.7. The zero-order valence-electron chi connectivity index (χ0n) is 17.8. The summed E-state index contributed by atoms with van der Waals surface area (Å²) in [5.41, 5.74) is 4.37. The number of hydrazone groups is 1. The van der Waals surface area contributed by atoms with Crippen LogP contribution in [0, 0.1) is 0 Å². The van der Waals surface area contributed by atoms with Gasteiger partial charge in [-0.2, -0.15) is 10.1 Å². The van der Waals surface area contributed by atoms with Gasteiger partial charge in [-0.15, -0.1) is 11.3 Å². The number of amidine groups is 1. The van der Waals surface area contributed by atoms with E-state index in [-0.39, 0.29) is 11.3 Å². The lowest BCUT2D eigenvalue weighted by atomic mass is 9.98. The molecule has 0 saturated heterocycles. The van der Waals surface area contributed by atoms with Gasteiger partial charge in [0.15, 0.2) is 5.84 Å². The van der Waals surface area contributed by atoms with Gasteiger partial charge in [0.2, 0.25) is 0 Å². The Morgan fingerprint density at radius 1 is 1.03 bits per heavy atom. The van der Waals surface area contributed by atoms with Gasteiger partial charge in [-0.25, -0.2) is 5.01 Å². The van der Waals surface area contributed by atoms with Crippen LogP contribution in [0.5, 0.6) is 0 Å². The minimum atomic E-state index is -0.201. The van der Waals surface area contributed by atoms with Crippen LogP contribution < -0.4 is 4.90 Å². The van der Waals surface area contributed by atoms with E-state index in [0.717, 1.165) is 38.7 Å². The monoisotopic (exact) mass is 458 g/mol. The van der Waals surface area contributed by atoms with Crippen molar-refractivity contribution in [3.8, 4) is 0 Å². The third kappa shape index (κ3) is 4.13. The van der Waals surface area contributed by atoms with Crippen molar-refractivity contribution >= 4 is 51.6 Å². The Hall–Kier alpha value is -3.16. The highest BCUT2D eigenvalue weighted by molar-refractivity contribution is 8.18. The molecule has 5 rings (SSSR count). The van der Waals surface area contributed by atoms with E-state index in [0.29, 0.717) is 5.84 Å². The number of carbonyl (C=O) groups excluding carboxylic acids is 1. The molecule has 0 saturated carbocycles.